The standard InChI is InChI=1S/C13H7BrCl2N2O4/c14-5-1-8(15)12(9(16)2-5)11-7(13(19)20)3-6(18(21)22)4-10(11)17/h1-4H,17H2,(H,19,20). The van der Waals surface area contributed by atoms with Crippen LogP contribution in [-0.4, -0.2) is 16.0 Å². The van der Waals surface area contributed by atoms with E-state index in [-0.39, 0.29) is 32.4 Å². The van der Waals surface area contributed by atoms with Gasteiger partial charge in [0.15, 0.2) is 0 Å². The number of nitrogens with zero attached hydrogens (tertiary/aromatic N) is 1. The normalized spacial score (nSPS) is 10.5. The molecule has 0 radical (unpaired) electrons. The fourth-order valence-corrected chi connectivity index (χ4v) is 3.38. The molecule has 0 aliphatic carbocycles. The Balaban J connectivity index is 2.87. The molecule has 0 atom stereocenters. The summed E-state index contributed by atoms with van der Waals surface area (Å²) in [5.74, 6) is -1.37. The number of hydrogen-bond donors (Lipinski definition) is 2. The van der Waals surface area contributed by atoms with E-state index in [0.29, 0.717) is 4.47 Å². The van der Waals surface area contributed by atoms with Crippen LogP contribution in [0.1, 0.15) is 10.4 Å². The SMILES string of the molecule is Nc1cc([N+](=O)[O-])cc(C(=O)O)c1-c1c(Cl)cc(Br)cc1Cl. The predicted molar refractivity (Wildman–Crippen MR) is 87.6 cm³/mol. The molecule has 0 spiro atoms. The molecule has 0 bridgehead atoms. The van der Waals surface area contributed by atoms with Gasteiger partial charge in [-0.25, -0.2) is 4.79 Å². The van der Waals surface area contributed by atoms with E-state index in [0.717, 1.165) is 12.1 Å². The average molecular weight is 406 g/mol. The minimum absolute atomic E-state index is 0.0422. The summed E-state index contributed by atoms with van der Waals surface area (Å²) in [4.78, 5) is 21.6. The van der Waals surface area contributed by atoms with Crippen molar-refractivity contribution in [2.24, 2.45) is 0 Å². The van der Waals surface area contributed by atoms with Crippen LogP contribution in [0, 0.1) is 10.1 Å². The number of carboxylic acid groups (broad SMARTS) is 1. The summed E-state index contributed by atoms with van der Waals surface area (Å²) in [6, 6.07) is 5.03. The van der Waals surface area contributed by atoms with Crippen molar-refractivity contribution in [1.29, 1.82) is 0 Å². The van der Waals surface area contributed by atoms with Gasteiger partial charge in [0.2, 0.25) is 0 Å². The Morgan fingerprint density at radius 3 is 2.18 bits per heavy atom. The minimum atomic E-state index is -1.37. The highest BCUT2D eigenvalue weighted by Crippen LogP contribution is 2.42. The van der Waals surface area contributed by atoms with E-state index in [9.17, 15) is 20.0 Å². The van der Waals surface area contributed by atoms with Crippen LogP contribution < -0.4 is 5.73 Å². The van der Waals surface area contributed by atoms with Crippen LogP contribution in [0.3, 0.4) is 0 Å². The second-order valence-corrected chi connectivity index (χ2v) is 5.99. The molecule has 0 heterocycles. The van der Waals surface area contributed by atoms with Crippen LogP contribution in [-0.2, 0) is 0 Å². The first kappa shape index (κ1) is 16.5. The van der Waals surface area contributed by atoms with Crippen molar-refractivity contribution >= 4 is 56.5 Å². The molecule has 0 aromatic heterocycles. The van der Waals surface area contributed by atoms with Gasteiger partial charge in [0.1, 0.15) is 0 Å². The number of nitrogen functional groups attached to an aromatic ring is 1. The summed E-state index contributed by atoms with van der Waals surface area (Å²) in [6.07, 6.45) is 0. The number of halogens is 3. The van der Waals surface area contributed by atoms with E-state index in [4.69, 9.17) is 28.9 Å². The van der Waals surface area contributed by atoms with E-state index in [1.165, 1.54) is 12.1 Å². The minimum Gasteiger partial charge on any atom is -0.478 e. The lowest BCUT2D eigenvalue weighted by atomic mass is 9.97. The summed E-state index contributed by atoms with van der Waals surface area (Å²) in [7, 11) is 0. The molecular weight excluding hydrogens is 399 g/mol. The predicted octanol–water partition coefficient (Wildman–Crippen LogP) is 4.61. The van der Waals surface area contributed by atoms with E-state index in [1.807, 2.05) is 0 Å². The van der Waals surface area contributed by atoms with Gasteiger partial charge in [0.25, 0.3) is 5.69 Å². The van der Waals surface area contributed by atoms with Crippen molar-refractivity contribution in [2.45, 2.75) is 0 Å². The molecule has 3 N–H and O–H groups in total. The van der Waals surface area contributed by atoms with E-state index in [2.05, 4.69) is 15.9 Å². The highest BCUT2D eigenvalue weighted by atomic mass is 79.9. The van der Waals surface area contributed by atoms with E-state index < -0.39 is 16.6 Å². The summed E-state index contributed by atoms with van der Waals surface area (Å²) in [6.45, 7) is 0. The first-order chi connectivity index (χ1) is 10.2. The Morgan fingerprint density at radius 1 is 1.18 bits per heavy atom. The third kappa shape index (κ3) is 3.01. The zero-order chi connectivity index (χ0) is 16.6. The van der Waals surface area contributed by atoms with Gasteiger partial charge in [-0.05, 0) is 12.1 Å². The quantitative estimate of drug-likeness (QED) is 0.440. The van der Waals surface area contributed by atoms with Crippen LogP contribution >= 0.6 is 39.1 Å². The second-order valence-electron chi connectivity index (χ2n) is 4.26. The van der Waals surface area contributed by atoms with Crippen molar-refractivity contribution in [3.8, 4) is 11.1 Å². The molecule has 0 fully saturated rings. The molecule has 9 heteroatoms. The lowest BCUT2D eigenvalue weighted by Crippen LogP contribution is -2.05. The Labute approximate surface area is 142 Å². The Bertz CT molecular complexity index is 788. The number of anilines is 1. The first-order valence-corrected chi connectivity index (χ1v) is 7.23. The van der Waals surface area contributed by atoms with E-state index >= 15 is 0 Å². The molecule has 0 saturated heterocycles. The van der Waals surface area contributed by atoms with Crippen LogP contribution in [0.15, 0.2) is 28.7 Å². The van der Waals surface area contributed by atoms with Crippen LogP contribution in [0.2, 0.25) is 10.0 Å². The Morgan fingerprint density at radius 2 is 1.73 bits per heavy atom. The molecule has 22 heavy (non-hydrogen) atoms. The van der Waals surface area contributed by atoms with Crippen molar-refractivity contribution in [3.63, 3.8) is 0 Å². The van der Waals surface area contributed by atoms with Gasteiger partial charge >= 0.3 is 5.97 Å². The van der Waals surface area contributed by atoms with Crippen molar-refractivity contribution in [2.75, 3.05) is 5.73 Å². The monoisotopic (exact) mass is 404 g/mol. The molecule has 0 aliphatic rings. The lowest BCUT2D eigenvalue weighted by Gasteiger charge is -2.13. The summed E-state index contributed by atoms with van der Waals surface area (Å²) in [5.41, 5.74) is 5.18. The number of benzene rings is 2. The Kier molecular flexibility index (Phi) is 4.60. The number of aromatic carboxylic acids is 1. The number of carbonyl (C=O) groups is 1. The number of nitro groups is 1. The number of nitrogens with two attached hydrogens (primary N) is 1. The topological polar surface area (TPSA) is 106 Å². The van der Waals surface area contributed by atoms with Crippen molar-refractivity contribution in [3.05, 3.63) is 54.5 Å². The number of nitro benzene ring substituents is 1. The molecule has 2 aromatic carbocycles. The molecule has 6 nitrogen and oxygen atoms in total. The van der Waals surface area contributed by atoms with Crippen molar-refractivity contribution < 1.29 is 14.8 Å². The average Bonchev–Trinajstić information content (AvgIpc) is 2.38. The highest BCUT2D eigenvalue weighted by molar-refractivity contribution is 9.10. The third-order valence-corrected chi connectivity index (χ3v) is 3.91. The zero-order valence-corrected chi connectivity index (χ0v) is 13.7. The molecule has 2 rings (SSSR count). The molecule has 0 unspecified atom stereocenters. The van der Waals surface area contributed by atoms with Crippen molar-refractivity contribution in [1.82, 2.24) is 0 Å². The van der Waals surface area contributed by atoms with Gasteiger partial charge in [0.05, 0.1) is 20.5 Å². The smallest absolute Gasteiger partial charge is 0.336 e. The fourth-order valence-electron chi connectivity index (χ4n) is 1.98. The summed E-state index contributed by atoms with van der Waals surface area (Å²) in [5, 5.41) is 20.5. The maximum atomic E-state index is 11.4. The third-order valence-electron chi connectivity index (χ3n) is 2.85. The fraction of sp³-hybridized carbons (Fsp3) is 0. The Hall–Kier alpha value is -1.83. The van der Waals surface area contributed by atoms with Crippen LogP contribution in [0.5, 0.6) is 0 Å². The molecule has 0 saturated carbocycles. The highest BCUT2D eigenvalue weighted by Gasteiger charge is 2.24. The van der Waals surface area contributed by atoms with Crippen LogP contribution in [0.4, 0.5) is 11.4 Å². The molecular formula is C13H7BrCl2N2O4. The summed E-state index contributed by atoms with van der Waals surface area (Å²) >= 11 is 15.5. The maximum absolute atomic E-state index is 11.4. The number of non-ortho nitro benzene ring substituents is 1. The first-order valence-electron chi connectivity index (χ1n) is 5.68. The zero-order valence-electron chi connectivity index (χ0n) is 10.6. The lowest BCUT2D eigenvalue weighted by molar-refractivity contribution is -0.384. The molecule has 114 valence electrons. The van der Waals surface area contributed by atoms with E-state index in [1.54, 1.807) is 0 Å². The maximum Gasteiger partial charge on any atom is 0.336 e. The molecule has 2 aromatic rings. The van der Waals surface area contributed by atoms with Gasteiger partial charge in [-0.2, -0.15) is 0 Å². The number of rotatable bonds is 3. The van der Waals surface area contributed by atoms with Gasteiger partial charge in [-0.15, -0.1) is 0 Å². The van der Waals surface area contributed by atoms with Gasteiger partial charge in [0, 0.05) is 33.4 Å². The number of hydrogen-bond acceptors (Lipinski definition) is 4. The largest absolute Gasteiger partial charge is 0.478 e. The molecule has 0 amide bonds. The second kappa shape index (κ2) is 6.12. The van der Waals surface area contributed by atoms with Gasteiger partial charge in [-0.1, -0.05) is 39.1 Å². The summed E-state index contributed by atoms with van der Waals surface area (Å²) < 4.78 is 0.601. The van der Waals surface area contributed by atoms with Gasteiger partial charge < -0.3 is 10.8 Å². The van der Waals surface area contributed by atoms with Gasteiger partial charge in [-0.3, -0.25) is 10.1 Å². The van der Waals surface area contributed by atoms with Crippen LogP contribution in [0.25, 0.3) is 11.1 Å². The number of carboxylic acids is 1. The molecule has 0 aliphatic heterocycles.